The molecule has 0 bridgehead atoms. The van der Waals surface area contributed by atoms with Crippen LogP contribution >= 0.6 is 15.9 Å². The van der Waals surface area contributed by atoms with Gasteiger partial charge in [-0.3, -0.25) is 0 Å². The molecule has 0 radical (unpaired) electrons. The highest BCUT2D eigenvalue weighted by atomic mass is 79.9. The number of nitrogens with two attached hydrogens (primary N) is 1. The van der Waals surface area contributed by atoms with Crippen molar-refractivity contribution in [2.45, 2.75) is 0 Å². The second kappa shape index (κ2) is 5.46. The molecule has 0 aliphatic rings. The Morgan fingerprint density at radius 3 is 2.50 bits per heavy atom. The highest BCUT2D eigenvalue weighted by Crippen LogP contribution is 2.32. The number of ether oxygens (including phenoxy) is 1. The van der Waals surface area contributed by atoms with E-state index in [0.29, 0.717) is 4.47 Å². The minimum atomic E-state index is -1.45. The summed E-state index contributed by atoms with van der Waals surface area (Å²) in [4.78, 5) is 10.7. The van der Waals surface area contributed by atoms with Crippen LogP contribution in [0.15, 0.2) is 34.8 Å². The molecule has 7 heteroatoms. The summed E-state index contributed by atoms with van der Waals surface area (Å²) in [6.45, 7) is 0. The molecule has 4 nitrogen and oxygen atoms in total. The molecule has 20 heavy (non-hydrogen) atoms. The molecular weight excluding hydrogens is 336 g/mol. The maximum absolute atomic E-state index is 13.5. The van der Waals surface area contributed by atoms with E-state index in [1.54, 1.807) is 0 Å². The van der Waals surface area contributed by atoms with Crippen molar-refractivity contribution in [1.29, 1.82) is 0 Å². The molecule has 0 amide bonds. The van der Waals surface area contributed by atoms with E-state index >= 15 is 0 Å². The molecule has 0 unspecified atom stereocenters. The van der Waals surface area contributed by atoms with E-state index in [1.165, 1.54) is 12.1 Å². The van der Waals surface area contributed by atoms with Gasteiger partial charge in [-0.2, -0.15) is 0 Å². The zero-order chi connectivity index (χ0) is 14.9. The molecule has 0 aliphatic carbocycles. The van der Waals surface area contributed by atoms with Crippen molar-refractivity contribution in [3.05, 3.63) is 52.0 Å². The highest BCUT2D eigenvalue weighted by molar-refractivity contribution is 9.10. The van der Waals surface area contributed by atoms with Gasteiger partial charge in [-0.1, -0.05) is 15.9 Å². The Kier molecular flexibility index (Phi) is 3.89. The second-order valence-electron chi connectivity index (χ2n) is 3.85. The van der Waals surface area contributed by atoms with Crippen LogP contribution in [-0.2, 0) is 0 Å². The minimum absolute atomic E-state index is 0.108. The number of carboxylic acid groups (broad SMARTS) is 1. The molecule has 3 N–H and O–H groups in total. The molecule has 0 heterocycles. The summed E-state index contributed by atoms with van der Waals surface area (Å²) in [6, 6.07) is 5.71. The fraction of sp³-hybridized carbons (Fsp3) is 0. The predicted octanol–water partition coefficient (Wildman–Crippen LogP) is 3.80. The van der Waals surface area contributed by atoms with Crippen LogP contribution in [-0.4, -0.2) is 11.1 Å². The van der Waals surface area contributed by atoms with E-state index in [1.807, 2.05) is 0 Å². The number of carbonyl (C=O) groups is 1. The van der Waals surface area contributed by atoms with Crippen molar-refractivity contribution in [3.8, 4) is 11.5 Å². The Bertz CT molecular complexity index is 692. The SMILES string of the molecule is Nc1cc(C(=O)O)c(F)cc1Oc1cc(Br)ccc1F. The number of anilines is 1. The van der Waals surface area contributed by atoms with Crippen molar-refractivity contribution in [1.82, 2.24) is 0 Å². The van der Waals surface area contributed by atoms with Crippen molar-refractivity contribution in [2.24, 2.45) is 0 Å². The Morgan fingerprint density at radius 1 is 1.15 bits per heavy atom. The largest absolute Gasteiger partial charge is 0.478 e. The molecular formula is C13H8BrF2NO3. The van der Waals surface area contributed by atoms with Crippen molar-refractivity contribution >= 4 is 27.6 Å². The summed E-state index contributed by atoms with van der Waals surface area (Å²) in [5, 5.41) is 8.75. The zero-order valence-corrected chi connectivity index (χ0v) is 11.4. The summed E-state index contributed by atoms with van der Waals surface area (Å²) in [7, 11) is 0. The van der Waals surface area contributed by atoms with Gasteiger partial charge < -0.3 is 15.6 Å². The third-order valence-corrected chi connectivity index (χ3v) is 2.94. The third-order valence-electron chi connectivity index (χ3n) is 2.44. The maximum Gasteiger partial charge on any atom is 0.338 e. The van der Waals surface area contributed by atoms with Gasteiger partial charge in [0.25, 0.3) is 0 Å². The van der Waals surface area contributed by atoms with Crippen LogP contribution in [0.4, 0.5) is 14.5 Å². The first-order chi connectivity index (χ1) is 9.38. The topological polar surface area (TPSA) is 72.6 Å². The Balaban J connectivity index is 2.42. The number of benzene rings is 2. The first kappa shape index (κ1) is 14.3. The third kappa shape index (κ3) is 2.88. The number of hydrogen-bond donors (Lipinski definition) is 2. The second-order valence-corrected chi connectivity index (χ2v) is 4.77. The van der Waals surface area contributed by atoms with Crippen LogP contribution in [0.1, 0.15) is 10.4 Å². The van der Waals surface area contributed by atoms with Gasteiger partial charge in [0.1, 0.15) is 5.82 Å². The van der Waals surface area contributed by atoms with Crippen LogP contribution in [0.2, 0.25) is 0 Å². The molecule has 0 spiro atoms. The molecule has 0 aliphatic heterocycles. The first-order valence-corrected chi connectivity index (χ1v) is 6.13. The molecule has 104 valence electrons. The quantitative estimate of drug-likeness (QED) is 0.831. The maximum atomic E-state index is 13.5. The highest BCUT2D eigenvalue weighted by Gasteiger charge is 2.16. The molecule has 0 atom stereocenters. The van der Waals surface area contributed by atoms with Gasteiger partial charge in [-0.05, 0) is 24.3 Å². The molecule has 0 fully saturated rings. The Morgan fingerprint density at radius 2 is 1.85 bits per heavy atom. The molecule has 2 aromatic carbocycles. The number of halogens is 3. The first-order valence-electron chi connectivity index (χ1n) is 5.33. The fourth-order valence-corrected chi connectivity index (χ4v) is 1.84. The summed E-state index contributed by atoms with van der Waals surface area (Å²) in [5.41, 5.74) is 4.89. The van der Waals surface area contributed by atoms with E-state index in [0.717, 1.165) is 18.2 Å². The molecule has 2 rings (SSSR count). The summed E-state index contributed by atoms with van der Waals surface area (Å²) in [5.74, 6) is -3.44. The van der Waals surface area contributed by atoms with Gasteiger partial charge in [0.15, 0.2) is 17.3 Å². The van der Waals surface area contributed by atoms with Crippen molar-refractivity contribution in [3.63, 3.8) is 0 Å². The van der Waals surface area contributed by atoms with E-state index in [-0.39, 0.29) is 17.2 Å². The Labute approximate surface area is 120 Å². The average Bonchev–Trinajstić information content (AvgIpc) is 2.37. The number of rotatable bonds is 3. The van der Waals surface area contributed by atoms with Crippen LogP contribution in [0.25, 0.3) is 0 Å². The predicted molar refractivity (Wildman–Crippen MR) is 71.9 cm³/mol. The smallest absolute Gasteiger partial charge is 0.338 e. The van der Waals surface area contributed by atoms with Crippen LogP contribution in [0.5, 0.6) is 11.5 Å². The standard InChI is InChI=1S/C13H8BrF2NO3/c14-6-1-2-8(15)11(3-6)20-12-5-9(16)7(13(18)19)4-10(12)17/h1-5H,17H2,(H,18,19). The van der Waals surface area contributed by atoms with Gasteiger partial charge >= 0.3 is 5.97 Å². The van der Waals surface area contributed by atoms with Gasteiger partial charge in [-0.25, -0.2) is 13.6 Å². The lowest BCUT2D eigenvalue weighted by Crippen LogP contribution is -2.03. The van der Waals surface area contributed by atoms with Gasteiger partial charge in [0.05, 0.1) is 11.3 Å². The summed E-state index contributed by atoms with van der Waals surface area (Å²) < 4.78 is 32.8. The van der Waals surface area contributed by atoms with Crippen molar-refractivity contribution < 1.29 is 23.4 Å². The van der Waals surface area contributed by atoms with Crippen molar-refractivity contribution in [2.75, 3.05) is 5.73 Å². The van der Waals surface area contributed by atoms with Gasteiger partial charge in [0, 0.05) is 10.5 Å². The lowest BCUT2D eigenvalue weighted by molar-refractivity contribution is 0.0692. The molecule has 0 saturated carbocycles. The molecule has 0 aromatic heterocycles. The van der Waals surface area contributed by atoms with Crippen LogP contribution in [0, 0.1) is 11.6 Å². The fourth-order valence-electron chi connectivity index (χ4n) is 1.50. The number of nitrogen functional groups attached to an aromatic ring is 1. The lowest BCUT2D eigenvalue weighted by Gasteiger charge is -2.11. The average molecular weight is 344 g/mol. The number of aromatic carboxylic acids is 1. The zero-order valence-electron chi connectivity index (χ0n) is 9.86. The van der Waals surface area contributed by atoms with Gasteiger partial charge in [0.2, 0.25) is 0 Å². The molecule has 2 aromatic rings. The monoisotopic (exact) mass is 343 g/mol. The molecule has 0 saturated heterocycles. The van der Waals surface area contributed by atoms with Gasteiger partial charge in [-0.15, -0.1) is 0 Å². The Hall–Kier alpha value is -2.15. The number of carboxylic acids is 1. The lowest BCUT2D eigenvalue weighted by atomic mass is 10.1. The van der Waals surface area contributed by atoms with Crippen LogP contribution < -0.4 is 10.5 Å². The summed E-state index contributed by atoms with van der Waals surface area (Å²) in [6.07, 6.45) is 0. The van der Waals surface area contributed by atoms with E-state index in [9.17, 15) is 13.6 Å². The number of hydrogen-bond acceptors (Lipinski definition) is 3. The van der Waals surface area contributed by atoms with E-state index in [2.05, 4.69) is 15.9 Å². The van der Waals surface area contributed by atoms with E-state index < -0.39 is 23.2 Å². The van der Waals surface area contributed by atoms with E-state index in [4.69, 9.17) is 15.6 Å². The summed E-state index contributed by atoms with van der Waals surface area (Å²) >= 11 is 3.14. The van der Waals surface area contributed by atoms with Crippen LogP contribution in [0.3, 0.4) is 0 Å². The normalized spacial score (nSPS) is 10.3. The minimum Gasteiger partial charge on any atom is -0.478 e.